The topological polar surface area (TPSA) is 135 Å². The molecule has 0 spiro atoms. The van der Waals surface area contributed by atoms with Crippen molar-refractivity contribution < 1.29 is 28.3 Å². The Morgan fingerprint density at radius 2 is 1.82 bits per heavy atom. The van der Waals surface area contributed by atoms with Gasteiger partial charge in [-0.1, -0.05) is 0 Å². The van der Waals surface area contributed by atoms with Crippen molar-refractivity contribution in [2.45, 2.75) is 32.4 Å². The van der Waals surface area contributed by atoms with Crippen LogP contribution in [0.15, 0.2) is 39.5 Å². The van der Waals surface area contributed by atoms with Gasteiger partial charge in [0.2, 0.25) is 11.7 Å². The number of fused-ring (bicyclic) bond motifs is 1. The number of hydrogen-bond donors (Lipinski definition) is 1. The first-order valence-corrected chi connectivity index (χ1v) is 10.2. The number of methoxy groups -OCH3 is 3. The molecule has 0 aliphatic rings. The smallest absolute Gasteiger partial charge is 0.419 e. The number of carbonyl (C=O) groups is 1. The minimum absolute atomic E-state index is 0.134. The van der Waals surface area contributed by atoms with Gasteiger partial charge in [-0.2, -0.15) is 0 Å². The molecule has 1 N–H and O–H groups in total. The van der Waals surface area contributed by atoms with Gasteiger partial charge in [-0.25, -0.2) is 4.79 Å². The van der Waals surface area contributed by atoms with E-state index < -0.39 is 10.7 Å². The van der Waals surface area contributed by atoms with Crippen LogP contribution >= 0.6 is 0 Å². The van der Waals surface area contributed by atoms with Crippen molar-refractivity contribution in [3.05, 3.63) is 56.6 Å². The molecule has 0 aliphatic carbocycles. The first-order valence-electron chi connectivity index (χ1n) is 10.2. The van der Waals surface area contributed by atoms with Crippen LogP contribution in [-0.2, 0) is 11.3 Å². The monoisotopic (exact) mass is 459 g/mol. The SMILES string of the molecule is COc1cc(C(C)NC(=O)CCCn2c(=O)oc3cc([N+](=O)[O-])ccc32)cc(OC)c1OC. The Morgan fingerprint density at radius 1 is 1.15 bits per heavy atom. The van der Waals surface area contributed by atoms with Crippen molar-refractivity contribution in [2.75, 3.05) is 21.3 Å². The van der Waals surface area contributed by atoms with E-state index in [2.05, 4.69) is 5.32 Å². The summed E-state index contributed by atoms with van der Waals surface area (Å²) >= 11 is 0. The van der Waals surface area contributed by atoms with Gasteiger partial charge in [0, 0.05) is 19.0 Å². The summed E-state index contributed by atoms with van der Waals surface area (Å²) in [4.78, 5) is 34.9. The molecule has 11 heteroatoms. The van der Waals surface area contributed by atoms with E-state index >= 15 is 0 Å². The van der Waals surface area contributed by atoms with E-state index in [1.165, 1.54) is 44.1 Å². The molecule has 1 unspecified atom stereocenters. The van der Waals surface area contributed by atoms with Crippen LogP contribution in [0, 0.1) is 10.1 Å². The van der Waals surface area contributed by atoms with Crippen LogP contribution in [0.25, 0.3) is 11.1 Å². The number of rotatable bonds is 10. The number of carbonyl (C=O) groups excluding carboxylic acids is 1. The van der Waals surface area contributed by atoms with Gasteiger partial charge in [0.15, 0.2) is 17.1 Å². The molecule has 0 aliphatic heterocycles. The number of benzene rings is 2. The highest BCUT2D eigenvalue weighted by Gasteiger charge is 2.18. The number of amides is 1. The summed E-state index contributed by atoms with van der Waals surface area (Å²) in [6.45, 7) is 2.06. The molecule has 0 fully saturated rings. The van der Waals surface area contributed by atoms with Gasteiger partial charge in [0.05, 0.1) is 43.9 Å². The highest BCUT2D eigenvalue weighted by molar-refractivity contribution is 5.77. The van der Waals surface area contributed by atoms with Crippen LogP contribution in [0.5, 0.6) is 17.2 Å². The standard InChI is InChI=1S/C22H25N3O8/c1-13(14-10-18(30-2)21(32-4)19(11-14)31-3)23-20(26)6-5-9-24-16-8-7-15(25(28)29)12-17(16)33-22(24)27/h7-8,10-13H,5-6,9H2,1-4H3,(H,23,26). The van der Waals surface area contributed by atoms with Gasteiger partial charge < -0.3 is 23.9 Å². The largest absolute Gasteiger partial charge is 0.493 e. The summed E-state index contributed by atoms with van der Waals surface area (Å²) in [6.07, 6.45) is 0.542. The molecule has 1 atom stereocenters. The zero-order valence-corrected chi connectivity index (χ0v) is 18.7. The maximum absolute atomic E-state index is 12.5. The fraction of sp³-hybridized carbons (Fsp3) is 0.364. The number of non-ortho nitro benzene ring substituents is 1. The highest BCUT2D eigenvalue weighted by Crippen LogP contribution is 2.39. The third kappa shape index (κ3) is 5.08. The Bertz CT molecular complexity index is 1210. The maximum Gasteiger partial charge on any atom is 0.419 e. The third-order valence-electron chi connectivity index (χ3n) is 5.21. The summed E-state index contributed by atoms with van der Waals surface area (Å²) in [6, 6.07) is 7.18. The lowest BCUT2D eigenvalue weighted by Gasteiger charge is -2.19. The van der Waals surface area contributed by atoms with E-state index in [1.54, 1.807) is 12.1 Å². The number of ether oxygens (including phenoxy) is 3. The number of nitro groups is 1. The van der Waals surface area contributed by atoms with Crippen LogP contribution in [0.4, 0.5) is 5.69 Å². The molecule has 0 saturated heterocycles. The minimum atomic E-state index is -0.628. The number of nitrogens with zero attached hydrogens (tertiary/aromatic N) is 2. The third-order valence-corrected chi connectivity index (χ3v) is 5.21. The Hall–Kier alpha value is -4.02. The molecule has 0 radical (unpaired) electrons. The Labute approximate surface area is 189 Å². The highest BCUT2D eigenvalue weighted by atomic mass is 16.6. The van der Waals surface area contributed by atoms with Gasteiger partial charge in [0.25, 0.3) is 5.69 Å². The van der Waals surface area contributed by atoms with E-state index in [0.29, 0.717) is 29.2 Å². The van der Waals surface area contributed by atoms with Crippen LogP contribution < -0.4 is 25.3 Å². The predicted molar refractivity (Wildman–Crippen MR) is 119 cm³/mol. The minimum Gasteiger partial charge on any atom is -0.493 e. The van der Waals surface area contributed by atoms with Crippen molar-refractivity contribution >= 4 is 22.7 Å². The summed E-state index contributed by atoms with van der Waals surface area (Å²) < 4.78 is 22.5. The van der Waals surface area contributed by atoms with Crippen molar-refractivity contribution in [3.63, 3.8) is 0 Å². The van der Waals surface area contributed by atoms with E-state index in [4.69, 9.17) is 18.6 Å². The number of nitrogens with one attached hydrogen (secondary N) is 1. The predicted octanol–water partition coefficient (Wildman–Crippen LogP) is 3.19. The van der Waals surface area contributed by atoms with Crippen LogP contribution in [0.1, 0.15) is 31.4 Å². The lowest BCUT2D eigenvalue weighted by molar-refractivity contribution is -0.384. The molecular formula is C22H25N3O8. The summed E-state index contributed by atoms with van der Waals surface area (Å²) in [5.41, 5.74) is 1.19. The Morgan fingerprint density at radius 3 is 2.39 bits per heavy atom. The summed E-state index contributed by atoms with van der Waals surface area (Å²) in [7, 11) is 4.55. The number of hydrogen-bond acceptors (Lipinski definition) is 8. The van der Waals surface area contributed by atoms with Crippen molar-refractivity contribution in [1.29, 1.82) is 0 Å². The number of aryl methyl sites for hydroxylation is 1. The number of aromatic nitrogens is 1. The van der Waals surface area contributed by atoms with Crippen molar-refractivity contribution in [3.8, 4) is 17.2 Å². The average molecular weight is 459 g/mol. The molecule has 3 aromatic rings. The fourth-order valence-electron chi connectivity index (χ4n) is 3.53. The Kier molecular flexibility index (Phi) is 7.21. The average Bonchev–Trinajstić information content (AvgIpc) is 3.11. The number of nitro benzene ring substituents is 1. The normalized spacial score (nSPS) is 11.8. The zero-order valence-electron chi connectivity index (χ0n) is 18.7. The van der Waals surface area contributed by atoms with Gasteiger partial charge in [-0.15, -0.1) is 0 Å². The van der Waals surface area contributed by atoms with Crippen molar-refractivity contribution in [1.82, 2.24) is 9.88 Å². The van der Waals surface area contributed by atoms with Crippen LogP contribution in [-0.4, -0.2) is 36.7 Å². The van der Waals surface area contributed by atoms with E-state index in [-0.39, 0.29) is 36.2 Å². The second-order valence-corrected chi connectivity index (χ2v) is 7.28. The molecule has 1 aromatic heterocycles. The molecule has 1 amide bonds. The van der Waals surface area contributed by atoms with Gasteiger partial charge >= 0.3 is 5.76 Å². The van der Waals surface area contributed by atoms with Gasteiger partial charge in [-0.05, 0) is 37.1 Å². The first-order chi connectivity index (χ1) is 15.8. The lowest BCUT2D eigenvalue weighted by Crippen LogP contribution is -2.27. The number of oxazole rings is 1. The molecule has 2 aromatic carbocycles. The molecule has 3 rings (SSSR count). The fourth-order valence-corrected chi connectivity index (χ4v) is 3.53. The van der Waals surface area contributed by atoms with Crippen molar-refractivity contribution in [2.24, 2.45) is 0 Å². The van der Waals surface area contributed by atoms with E-state index in [9.17, 15) is 19.7 Å². The lowest BCUT2D eigenvalue weighted by atomic mass is 10.1. The first kappa shape index (κ1) is 23.6. The molecule has 33 heavy (non-hydrogen) atoms. The van der Waals surface area contributed by atoms with E-state index in [1.807, 2.05) is 6.92 Å². The van der Waals surface area contributed by atoms with E-state index in [0.717, 1.165) is 5.56 Å². The quantitative estimate of drug-likeness (QED) is 0.361. The molecule has 0 saturated carbocycles. The van der Waals surface area contributed by atoms with Crippen LogP contribution in [0.2, 0.25) is 0 Å². The summed E-state index contributed by atoms with van der Waals surface area (Å²) in [5.74, 6) is 0.605. The molecular weight excluding hydrogens is 434 g/mol. The molecule has 0 bridgehead atoms. The van der Waals surface area contributed by atoms with Gasteiger partial charge in [-0.3, -0.25) is 19.5 Å². The Balaban J connectivity index is 1.64. The second kappa shape index (κ2) is 10.1. The van der Waals surface area contributed by atoms with Crippen LogP contribution in [0.3, 0.4) is 0 Å². The maximum atomic E-state index is 12.5. The second-order valence-electron chi connectivity index (χ2n) is 7.28. The summed E-state index contributed by atoms with van der Waals surface area (Å²) in [5, 5.41) is 13.8. The molecule has 1 heterocycles. The zero-order chi connectivity index (χ0) is 24.1. The molecule has 11 nitrogen and oxygen atoms in total. The molecule has 176 valence electrons. The van der Waals surface area contributed by atoms with Gasteiger partial charge in [0.1, 0.15) is 0 Å².